The molecule has 1 amide bonds. The third-order valence-electron chi connectivity index (χ3n) is 2.25. The minimum absolute atomic E-state index is 0.123. The minimum atomic E-state index is -2.84. The van der Waals surface area contributed by atoms with E-state index in [1.54, 1.807) is 6.07 Å². The van der Waals surface area contributed by atoms with E-state index in [2.05, 4.69) is 5.32 Å². The zero-order chi connectivity index (χ0) is 12.8. The molecule has 0 aliphatic heterocycles. The van der Waals surface area contributed by atoms with Gasteiger partial charge in [-0.25, -0.2) is 8.78 Å². The highest BCUT2D eigenvalue weighted by atomic mass is 19.3. The molecule has 94 valence electrons. The van der Waals surface area contributed by atoms with Crippen LogP contribution >= 0.6 is 0 Å². The normalized spacial score (nSPS) is 12.5. The summed E-state index contributed by atoms with van der Waals surface area (Å²) in [7, 11) is 0. The molecule has 0 radical (unpaired) electrons. The van der Waals surface area contributed by atoms with Gasteiger partial charge in [-0.3, -0.25) is 4.79 Å². The van der Waals surface area contributed by atoms with Gasteiger partial charge >= 0.3 is 0 Å². The summed E-state index contributed by atoms with van der Waals surface area (Å²) in [6.45, 7) is 1.48. The average molecular weight is 243 g/mol. The van der Waals surface area contributed by atoms with Gasteiger partial charge in [0, 0.05) is 6.54 Å². The zero-order valence-electron chi connectivity index (χ0n) is 9.49. The number of aryl methyl sites for hydroxylation is 1. The van der Waals surface area contributed by atoms with Crippen LogP contribution in [0, 0.1) is 6.92 Å². The van der Waals surface area contributed by atoms with Crippen molar-refractivity contribution in [1.29, 1.82) is 0 Å². The number of benzene rings is 1. The molecule has 17 heavy (non-hydrogen) atoms. The average Bonchev–Trinajstić information content (AvgIpc) is 2.25. The van der Waals surface area contributed by atoms with Crippen molar-refractivity contribution < 1.29 is 18.7 Å². The summed E-state index contributed by atoms with van der Waals surface area (Å²) in [6, 6.07) is 7.37. The van der Waals surface area contributed by atoms with Crippen molar-refractivity contribution in [2.24, 2.45) is 0 Å². The van der Waals surface area contributed by atoms with Crippen LogP contribution in [0.4, 0.5) is 8.78 Å². The van der Waals surface area contributed by atoms with E-state index in [-0.39, 0.29) is 12.3 Å². The molecule has 1 rings (SSSR count). The molecular formula is C12H15F2NO2. The monoisotopic (exact) mass is 243 g/mol. The smallest absolute Gasteiger partial charge is 0.265 e. The van der Waals surface area contributed by atoms with Crippen LogP contribution in [-0.4, -0.2) is 30.1 Å². The number of hydrogen-bond donors (Lipinski definition) is 2. The molecule has 0 aliphatic rings. The highest BCUT2D eigenvalue weighted by Gasteiger charge is 2.17. The molecule has 0 saturated carbocycles. The summed E-state index contributed by atoms with van der Waals surface area (Å²) in [5, 5.41) is 11.1. The van der Waals surface area contributed by atoms with E-state index in [4.69, 9.17) is 5.11 Å². The maximum Gasteiger partial charge on any atom is 0.265 e. The maximum atomic E-state index is 12.0. The maximum absolute atomic E-state index is 12.0. The first-order valence-electron chi connectivity index (χ1n) is 5.27. The number of hydrogen-bond acceptors (Lipinski definition) is 2. The molecule has 0 heterocycles. The lowest BCUT2D eigenvalue weighted by atomic mass is 10.1. The van der Waals surface area contributed by atoms with E-state index in [0.717, 1.165) is 11.1 Å². The van der Waals surface area contributed by atoms with Crippen LogP contribution in [-0.2, 0) is 11.2 Å². The number of halogens is 2. The molecule has 0 fully saturated rings. The first-order valence-corrected chi connectivity index (χ1v) is 5.27. The van der Waals surface area contributed by atoms with Gasteiger partial charge in [-0.1, -0.05) is 29.8 Å². The van der Waals surface area contributed by atoms with Crippen molar-refractivity contribution in [1.82, 2.24) is 5.32 Å². The number of carbonyl (C=O) groups is 1. The van der Waals surface area contributed by atoms with E-state index >= 15 is 0 Å². The Balaban J connectivity index is 2.40. The first-order chi connectivity index (χ1) is 7.99. The molecule has 0 bridgehead atoms. The summed E-state index contributed by atoms with van der Waals surface area (Å²) >= 11 is 0. The van der Waals surface area contributed by atoms with Crippen LogP contribution in [0.2, 0.25) is 0 Å². The van der Waals surface area contributed by atoms with Gasteiger partial charge in [0.25, 0.3) is 6.43 Å². The van der Waals surface area contributed by atoms with Crippen LogP contribution in [0.5, 0.6) is 0 Å². The highest BCUT2D eigenvalue weighted by Crippen LogP contribution is 2.04. The molecule has 1 unspecified atom stereocenters. The van der Waals surface area contributed by atoms with Gasteiger partial charge < -0.3 is 10.4 Å². The lowest BCUT2D eigenvalue weighted by Gasteiger charge is -2.10. The predicted octanol–water partition coefficient (Wildman–Crippen LogP) is 1.28. The molecular weight excluding hydrogens is 228 g/mol. The number of carbonyl (C=O) groups excluding carboxylic acids is 1. The number of aliphatic hydroxyl groups excluding tert-OH is 1. The summed E-state index contributed by atoms with van der Waals surface area (Å²) in [4.78, 5) is 11.4. The van der Waals surface area contributed by atoms with Gasteiger partial charge in [0.05, 0.1) is 6.42 Å². The third kappa shape index (κ3) is 4.91. The number of amides is 1. The van der Waals surface area contributed by atoms with Gasteiger partial charge in [0.1, 0.15) is 6.10 Å². The van der Waals surface area contributed by atoms with Gasteiger partial charge in [-0.15, -0.1) is 0 Å². The van der Waals surface area contributed by atoms with Crippen molar-refractivity contribution >= 4 is 5.91 Å². The fourth-order valence-electron chi connectivity index (χ4n) is 1.38. The lowest BCUT2D eigenvalue weighted by molar-refractivity contribution is -0.121. The third-order valence-corrected chi connectivity index (χ3v) is 2.25. The van der Waals surface area contributed by atoms with Gasteiger partial charge in [-0.05, 0) is 12.5 Å². The lowest BCUT2D eigenvalue weighted by Crippen LogP contribution is -2.36. The Kier molecular flexibility index (Phi) is 5.03. The Hall–Kier alpha value is -1.49. The van der Waals surface area contributed by atoms with Crippen LogP contribution in [0.25, 0.3) is 0 Å². The zero-order valence-corrected chi connectivity index (χ0v) is 9.49. The molecule has 0 aliphatic carbocycles. The predicted molar refractivity (Wildman–Crippen MR) is 59.9 cm³/mol. The number of aliphatic hydroxyl groups is 1. The largest absolute Gasteiger partial charge is 0.385 e. The Morgan fingerprint density at radius 3 is 2.76 bits per heavy atom. The molecule has 1 atom stereocenters. The van der Waals surface area contributed by atoms with Crippen LogP contribution < -0.4 is 5.32 Å². The van der Waals surface area contributed by atoms with Crippen molar-refractivity contribution in [2.75, 3.05) is 6.54 Å². The summed E-state index contributed by atoms with van der Waals surface area (Å²) in [6.07, 6.45) is -4.52. The van der Waals surface area contributed by atoms with E-state index in [1.165, 1.54) is 0 Å². The Morgan fingerprint density at radius 2 is 2.18 bits per heavy atom. The number of nitrogens with one attached hydrogen (secondary N) is 1. The van der Waals surface area contributed by atoms with Crippen molar-refractivity contribution in [3.8, 4) is 0 Å². The Morgan fingerprint density at radius 1 is 1.47 bits per heavy atom. The van der Waals surface area contributed by atoms with Crippen LogP contribution in [0.15, 0.2) is 24.3 Å². The number of alkyl halides is 2. The second-order valence-corrected chi connectivity index (χ2v) is 3.87. The second-order valence-electron chi connectivity index (χ2n) is 3.87. The molecule has 0 aromatic heterocycles. The minimum Gasteiger partial charge on any atom is -0.385 e. The summed E-state index contributed by atoms with van der Waals surface area (Å²) < 4.78 is 23.9. The highest BCUT2D eigenvalue weighted by molar-refractivity contribution is 5.78. The van der Waals surface area contributed by atoms with E-state index in [9.17, 15) is 13.6 Å². The molecule has 1 aromatic rings. The molecule has 1 aromatic carbocycles. The molecule has 3 nitrogen and oxygen atoms in total. The van der Waals surface area contributed by atoms with Crippen molar-refractivity contribution in [3.63, 3.8) is 0 Å². The van der Waals surface area contributed by atoms with Crippen LogP contribution in [0.1, 0.15) is 11.1 Å². The Labute approximate surface area is 98.5 Å². The summed E-state index contributed by atoms with van der Waals surface area (Å²) in [5.74, 6) is -0.379. The standard InChI is InChI=1S/C12H15F2NO2/c1-8-3-2-4-9(5-8)6-11(17)15-7-10(16)12(13)14/h2-5,10,12,16H,6-7H2,1H3,(H,15,17). The number of rotatable bonds is 5. The Bertz CT molecular complexity index is 383. The quantitative estimate of drug-likeness (QED) is 0.818. The van der Waals surface area contributed by atoms with Crippen LogP contribution in [0.3, 0.4) is 0 Å². The van der Waals surface area contributed by atoms with E-state index in [0.29, 0.717) is 0 Å². The molecule has 5 heteroatoms. The first kappa shape index (κ1) is 13.6. The van der Waals surface area contributed by atoms with E-state index in [1.807, 2.05) is 25.1 Å². The van der Waals surface area contributed by atoms with Crippen molar-refractivity contribution in [2.45, 2.75) is 25.9 Å². The SMILES string of the molecule is Cc1cccc(CC(=O)NCC(O)C(F)F)c1. The van der Waals surface area contributed by atoms with Gasteiger partial charge in [0.15, 0.2) is 0 Å². The second kappa shape index (κ2) is 6.30. The van der Waals surface area contributed by atoms with Gasteiger partial charge in [0.2, 0.25) is 5.91 Å². The fraction of sp³-hybridized carbons (Fsp3) is 0.417. The molecule has 0 spiro atoms. The topological polar surface area (TPSA) is 49.3 Å². The van der Waals surface area contributed by atoms with E-state index < -0.39 is 19.1 Å². The van der Waals surface area contributed by atoms with Gasteiger partial charge in [-0.2, -0.15) is 0 Å². The fourth-order valence-corrected chi connectivity index (χ4v) is 1.38. The van der Waals surface area contributed by atoms with Crippen molar-refractivity contribution in [3.05, 3.63) is 35.4 Å². The molecule has 0 saturated heterocycles. The summed E-state index contributed by atoms with van der Waals surface area (Å²) in [5.41, 5.74) is 1.84. The molecule has 2 N–H and O–H groups in total.